The van der Waals surface area contributed by atoms with Crippen molar-refractivity contribution < 1.29 is 19.1 Å². The third-order valence-corrected chi connectivity index (χ3v) is 4.72. The van der Waals surface area contributed by atoms with E-state index in [0.717, 1.165) is 29.8 Å². The molecule has 1 aromatic carbocycles. The number of nitrogens with one attached hydrogen (secondary N) is 1. The number of ether oxygens (including phenoxy) is 2. The lowest BCUT2D eigenvalue weighted by molar-refractivity contribution is -0.138. The predicted molar refractivity (Wildman–Crippen MR) is 94.1 cm³/mol. The van der Waals surface area contributed by atoms with Crippen LogP contribution in [0.15, 0.2) is 46.8 Å². The van der Waals surface area contributed by atoms with Crippen LogP contribution in [0, 0.1) is 0 Å². The van der Waals surface area contributed by atoms with Crippen molar-refractivity contribution in [3.05, 3.63) is 52.4 Å². The highest BCUT2D eigenvalue weighted by atomic mass is 16.5. The van der Waals surface area contributed by atoms with Gasteiger partial charge in [0.1, 0.15) is 5.75 Å². The van der Waals surface area contributed by atoms with Gasteiger partial charge in [-0.1, -0.05) is 18.2 Å². The van der Waals surface area contributed by atoms with Gasteiger partial charge < -0.3 is 14.8 Å². The molecule has 1 aromatic rings. The molecule has 0 bridgehead atoms. The van der Waals surface area contributed by atoms with E-state index in [1.165, 1.54) is 0 Å². The molecule has 0 saturated heterocycles. The minimum absolute atomic E-state index is 0.0824. The molecule has 0 spiro atoms. The summed E-state index contributed by atoms with van der Waals surface area (Å²) in [6.45, 7) is 3.92. The Labute approximate surface area is 147 Å². The monoisotopic (exact) mass is 341 g/mol. The smallest absolute Gasteiger partial charge is 0.336 e. The zero-order valence-electron chi connectivity index (χ0n) is 14.8. The number of benzene rings is 1. The normalized spacial score (nSPS) is 20.1. The number of Topliss-reactive ketones (excluding diaryl/α,β-unsaturated/α-hetero) is 1. The summed E-state index contributed by atoms with van der Waals surface area (Å²) in [4.78, 5) is 25.4. The number of hydrogen-bond acceptors (Lipinski definition) is 5. The molecule has 5 heteroatoms. The molecule has 0 amide bonds. The molecular weight excluding hydrogens is 318 g/mol. The van der Waals surface area contributed by atoms with E-state index in [2.05, 4.69) is 5.32 Å². The zero-order valence-corrected chi connectivity index (χ0v) is 14.8. The molecule has 0 saturated carbocycles. The van der Waals surface area contributed by atoms with E-state index >= 15 is 0 Å². The molecule has 0 aromatic heterocycles. The maximum Gasteiger partial charge on any atom is 0.336 e. The summed E-state index contributed by atoms with van der Waals surface area (Å²) >= 11 is 0. The second-order valence-electron chi connectivity index (χ2n) is 6.23. The maximum absolute atomic E-state index is 12.7. The zero-order chi connectivity index (χ0) is 18.0. The van der Waals surface area contributed by atoms with Gasteiger partial charge >= 0.3 is 5.97 Å². The number of hydrogen-bond donors (Lipinski definition) is 1. The van der Waals surface area contributed by atoms with Crippen molar-refractivity contribution in [1.82, 2.24) is 5.32 Å². The molecule has 0 unspecified atom stereocenters. The number of carbonyl (C=O) groups is 2. The third kappa shape index (κ3) is 3.06. The Morgan fingerprint density at radius 3 is 2.76 bits per heavy atom. The maximum atomic E-state index is 12.7. The number of para-hydroxylation sites is 1. The number of carbonyl (C=O) groups excluding carboxylic acids is 2. The van der Waals surface area contributed by atoms with Crippen LogP contribution in [0.3, 0.4) is 0 Å². The lowest BCUT2D eigenvalue weighted by Crippen LogP contribution is -2.34. The van der Waals surface area contributed by atoms with Crippen LogP contribution in [-0.2, 0) is 14.3 Å². The van der Waals surface area contributed by atoms with Crippen molar-refractivity contribution in [1.29, 1.82) is 0 Å². The van der Waals surface area contributed by atoms with E-state index in [0.29, 0.717) is 23.3 Å². The van der Waals surface area contributed by atoms with Gasteiger partial charge in [0, 0.05) is 29.0 Å². The molecule has 1 atom stereocenters. The summed E-state index contributed by atoms with van der Waals surface area (Å²) in [5, 5.41) is 3.27. The summed E-state index contributed by atoms with van der Waals surface area (Å²) in [5.74, 6) is -0.110. The highest BCUT2D eigenvalue weighted by Crippen LogP contribution is 2.45. The fourth-order valence-corrected chi connectivity index (χ4v) is 3.68. The first-order valence-corrected chi connectivity index (χ1v) is 8.62. The van der Waals surface area contributed by atoms with Gasteiger partial charge in [0.25, 0.3) is 0 Å². The van der Waals surface area contributed by atoms with E-state index in [9.17, 15) is 9.59 Å². The number of allylic oxidation sites excluding steroid dienone is 3. The summed E-state index contributed by atoms with van der Waals surface area (Å²) in [7, 11) is 1.60. The molecule has 1 heterocycles. The number of ketones is 1. The second-order valence-corrected chi connectivity index (χ2v) is 6.23. The van der Waals surface area contributed by atoms with Gasteiger partial charge in [0.15, 0.2) is 5.78 Å². The first-order chi connectivity index (χ1) is 12.1. The van der Waals surface area contributed by atoms with Crippen LogP contribution in [0.25, 0.3) is 0 Å². The van der Waals surface area contributed by atoms with Gasteiger partial charge in [-0.2, -0.15) is 0 Å². The standard InChI is InChI=1S/C20H23NO4/c1-4-25-20(23)17-12(2)21-14-9-7-10-15(22)19(14)18(17)13-8-5-6-11-16(13)24-3/h5-6,8,11,18,21H,4,7,9-10H2,1-3H3/t18-/m1/s1. The van der Waals surface area contributed by atoms with Crippen molar-refractivity contribution in [2.75, 3.05) is 13.7 Å². The van der Waals surface area contributed by atoms with Gasteiger partial charge in [-0.15, -0.1) is 0 Å². The number of rotatable bonds is 4. The molecule has 1 aliphatic carbocycles. The summed E-state index contributed by atoms with van der Waals surface area (Å²) < 4.78 is 10.8. The molecule has 2 aliphatic rings. The highest BCUT2D eigenvalue weighted by Gasteiger charge is 2.40. The van der Waals surface area contributed by atoms with Crippen molar-refractivity contribution in [2.45, 2.75) is 39.0 Å². The summed E-state index contributed by atoms with van der Waals surface area (Å²) in [6.07, 6.45) is 2.13. The minimum atomic E-state index is -0.459. The second kappa shape index (κ2) is 7.13. The van der Waals surface area contributed by atoms with Gasteiger partial charge in [0.2, 0.25) is 0 Å². The largest absolute Gasteiger partial charge is 0.496 e. The van der Waals surface area contributed by atoms with Crippen LogP contribution in [-0.4, -0.2) is 25.5 Å². The van der Waals surface area contributed by atoms with Crippen LogP contribution < -0.4 is 10.1 Å². The molecule has 1 aliphatic heterocycles. The van der Waals surface area contributed by atoms with Gasteiger partial charge in [-0.05, 0) is 32.8 Å². The number of esters is 1. The Hall–Kier alpha value is -2.56. The van der Waals surface area contributed by atoms with Crippen LogP contribution >= 0.6 is 0 Å². The van der Waals surface area contributed by atoms with Crippen molar-refractivity contribution in [3.8, 4) is 5.75 Å². The van der Waals surface area contributed by atoms with Crippen LogP contribution in [0.5, 0.6) is 5.75 Å². The van der Waals surface area contributed by atoms with Crippen LogP contribution in [0.4, 0.5) is 0 Å². The fourth-order valence-electron chi connectivity index (χ4n) is 3.68. The molecule has 1 N–H and O–H groups in total. The fraction of sp³-hybridized carbons (Fsp3) is 0.400. The average Bonchev–Trinajstić information content (AvgIpc) is 2.60. The quantitative estimate of drug-likeness (QED) is 0.852. The summed E-state index contributed by atoms with van der Waals surface area (Å²) in [5.41, 5.74) is 3.63. The Morgan fingerprint density at radius 2 is 2.04 bits per heavy atom. The predicted octanol–water partition coefficient (Wildman–Crippen LogP) is 3.23. The Bertz CT molecular complexity index is 776. The molecule has 0 radical (unpaired) electrons. The first kappa shape index (κ1) is 17.3. The Kier molecular flexibility index (Phi) is 4.93. The van der Waals surface area contributed by atoms with E-state index in [4.69, 9.17) is 9.47 Å². The molecular formula is C20H23NO4. The van der Waals surface area contributed by atoms with Crippen LogP contribution in [0.1, 0.15) is 44.6 Å². The molecule has 25 heavy (non-hydrogen) atoms. The first-order valence-electron chi connectivity index (χ1n) is 8.62. The van der Waals surface area contributed by atoms with Gasteiger partial charge in [-0.25, -0.2) is 4.79 Å². The van der Waals surface area contributed by atoms with Gasteiger partial charge in [0.05, 0.1) is 25.2 Å². The van der Waals surface area contributed by atoms with E-state index < -0.39 is 11.9 Å². The third-order valence-electron chi connectivity index (χ3n) is 4.72. The Morgan fingerprint density at radius 1 is 1.28 bits per heavy atom. The summed E-state index contributed by atoms with van der Waals surface area (Å²) in [6, 6.07) is 7.53. The van der Waals surface area contributed by atoms with Gasteiger partial charge in [-0.3, -0.25) is 4.79 Å². The molecule has 132 valence electrons. The van der Waals surface area contributed by atoms with Crippen molar-refractivity contribution >= 4 is 11.8 Å². The minimum Gasteiger partial charge on any atom is -0.496 e. The topological polar surface area (TPSA) is 64.6 Å². The SMILES string of the molecule is CCOC(=O)C1=C(C)NC2=C(C(=O)CCC2)[C@@H]1c1ccccc1OC. The van der Waals surface area contributed by atoms with Crippen molar-refractivity contribution in [3.63, 3.8) is 0 Å². The average molecular weight is 341 g/mol. The lowest BCUT2D eigenvalue weighted by atomic mass is 9.75. The number of dihydropyridines is 1. The molecule has 3 rings (SSSR count). The van der Waals surface area contributed by atoms with E-state index in [1.54, 1.807) is 14.0 Å². The Balaban J connectivity index is 2.21. The number of methoxy groups -OCH3 is 1. The van der Waals surface area contributed by atoms with E-state index in [1.807, 2.05) is 31.2 Å². The van der Waals surface area contributed by atoms with Crippen molar-refractivity contribution in [2.24, 2.45) is 0 Å². The molecule has 0 fully saturated rings. The highest BCUT2D eigenvalue weighted by molar-refractivity contribution is 6.04. The molecule has 5 nitrogen and oxygen atoms in total. The van der Waals surface area contributed by atoms with E-state index in [-0.39, 0.29) is 12.4 Å². The van der Waals surface area contributed by atoms with Crippen LogP contribution in [0.2, 0.25) is 0 Å². The lowest BCUT2D eigenvalue weighted by Gasteiger charge is -2.34.